The molecule has 21 heavy (non-hydrogen) atoms. The van der Waals surface area contributed by atoms with Crippen LogP contribution in [0.3, 0.4) is 0 Å². The number of nitrogens with one attached hydrogen (secondary N) is 2. The highest BCUT2D eigenvalue weighted by molar-refractivity contribution is 5.93. The third-order valence-corrected chi connectivity index (χ3v) is 3.39. The number of carbonyl (C=O) groups is 1. The largest absolute Gasteiger partial charge is 0.477 e. The van der Waals surface area contributed by atoms with Gasteiger partial charge < -0.3 is 15.7 Å². The maximum atomic E-state index is 10.9. The Balaban J connectivity index is 1.95. The molecule has 0 atom stereocenters. The van der Waals surface area contributed by atoms with Gasteiger partial charge in [0.05, 0.1) is 4.92 Å². The molecule has 0 spiro atoms. The second-order valence-electron chi connectivity index (χ2n) is 4.81. The maximum absolute atomic E-state index is 10.9. The molecule has 0 unspecified atom stereocenters. The molecule has 0 bridgehead atoms. The maximum Gasteiger partial charge on any atom is 0.342 e. The molecule has 1 heterocycles. The van der Waals surface area contributed by atoms with Crippen LogP contribution in [0.15, 0.2) is 18.2 Å². The highest BCUT2D eigenvalue weighted by Gasteiger charge is 2.20. The predicted molar refractivity (Wildman–Crippen MR) is 77.9 cm³/mol. The molecule has 1 aromatic carbocycles. The normalized spacial score (nSPS) is 15.6. The molecule has 0 aromatic heterocycles. The number of benzene rings is 1. The lowest BCUT2D eigenvalue weighted by Gasteiger charge is -2.27. The number of nitro benzene ring substituents is 1. The molecule has 0 saturated carbocycles. The average Bonchev–Trinajstić information content (AvgIpc) is 2.48. The monoisotopic (exact) mass is 294 g/mol. The van der Waals surface area contributed by atoms with Crippen LogP contribution in [0.2, 0.25) is 0 Å². The van der Waals surface area contributed by atoms with Crippen molar-refractivity contribution >= 4 is 17.3 Å². The molecule has 1 aromatic rings. The topological polar surface area (TPSA) is 108 Å². The molecule has 8 heteroatoms. The third-order valence-electron chi connectivity index (χ3n) is 3.39. The first kappa shape index (κ1) is 15.2. The van der Waals surface area contributed by atoms with Crippen molar-refractivity contribution in [3.8, 4) is 0 Å². The molecule has 1 aliphatic rings. The standard InChI is InChI=1S/C13H18N4O4/c18-13(19)11-2-1-10(9-12(11)17(20)21)15-5-8-16-6-3-14-4-7-16/h1-2,9,14-15H,3-8H2,(H,18,19). The van der Waals surface area contributed by atoms with Crippen LogP contribution in [0.25, 0.3) is 0 Å². The molecule has 1 aliphatic heterocycles. The predicted octanol–water partition coefficient (Wildman–Crippen LogP) is 0.610. The summed E-state index contributed by atoms with van der Waals surface area (Å²) in [4.78, 5) is 23.4. The van der Waals surface area contributed by atoms with Gasteiger partial charge in [0.15, 0.2) is 0 Å². The summed E-state index contributed by atoms with van der Waals surface area (Å²) in [7, 11) is 0. The van der Waals surface area contributed by atoms with E-state index in [2.05, 4.69) is 15.5 Å². The van der Waals surface area contributed by atoms with Gasteiger partial charge in [-0.25, -0.2) is 4.79 Å². The van der Waals surface area contributed by atoms with Gasteiger partial charge in [-0.15, -0.1) is 0 Å². The Labute approximate surface area is 121 Å². The van der Waals surface area contributed by atoms with Gasteiger partial charge >= 0.3 is 5.97 Å². The van der Waals surface area contributed by atoms with Crippen molar-refractivity contribution in [1.29, 1.82) is 0 Å². The van der Waals surface area contributed by atoms with Gasteiger partial charge in [-0.05, 0) is 12.1 Å². The van der Waals surface area contributed by atoms with Gasteiger partial charge in [-0.1, -0.05) is 0 Å². The van der Waals surface area contributed by atoms with E-state index >= 15 is 0 Å². The summed E-state index contributed by atoms with van der Waals surface area (Å²) in [6, 6.07) is 4.07. The van der Waals surface area contributed by atoms with Crippen molar-refractivity contribution in [3.63, 3.8) is 0 Å². The van der Waals surface area contributed by atoms with Crippen LogP contribution in [0, 0.1) is 10.1 Å². The van der Waals surface area contributed by atoms with Crippen molar-refractivity contribution in [1.82, 2.24) is 10.2 Å². The number of anilines is 1. The molecule has 3 N–H and O–H groups in total. The minimum Gasteiger partial charge on any atom is -0.477 e. The summed E-state index contributed by atoms with van der Waals surface area (Å²) in [6.07, 6.45) is 0. The lowest BCUT2D eigenvalue weighted by Crippen LogP contribution is -2.45. The Bertz CT molecular complexity index is 529. The zero-order valence-electron chi connectivity index (χ0n) is 11.5. The molecular weight excluding hydrogens is 276 g/mol. The molecule has 0 aliphatic carbocycles. The van der Waals surface area contributed by atoms with E-state index in [4.69, 9.17) is 5.11 Å². The fraction of sp³-hybridized carbons (Fsp3) is 0.462. The Morgan fingerprint density at radius 1 is 1.43 bits per heavy atom. The average molecular weight is 294 g/mol. The second kappa shape index (κ2) is 7.00. The smallest absolute Gasteiger partial charge is 0.342 e. The fourth-order valence-corrected chi connectivity index (χ4v) is 2.27. The summed E-state index contributed by atoms with van der Waals surface area (Å²) >= 11 is 0. The molecular formula is C13H18N4O4. The number of nitro groups is 1. The number of hydrogen-bond acceptors (Lipinski definition) is 6. The minimum absolute atomic E-state index is 0.298. The van der Waals surface area contributed by atoms with E-state index in [9.17, 15) is 14.9 Å². The Morgan fingerprint density at radius 2 is 2.14 bits per heavy atom. The van der Waals surface area contributed by atoms with Crippen LogP contribution >= 0.6 is 0 Å². The Hall–Kier alpha value is -2.19. The number of hydrogen-bond donors (Lipinski definition) is 3. The van der Waals surface area contributed by atoms with Crippen LogP contribution in [-0.4, -0.2) is 60.2 Å². The highest BCUT2D eigenvalue weighted by Crippen LogP contribution is 2.23. The van der Waals surface area contributed by atoms with Crippen molar-refractivity contribution in [3.05, 3.63) is 33.9 Å². The number of carboxylic acid groups (broad SMARTS) is 1. The number of carboxylic acids is 1. The van der Waals surface area contributed by atoms with E-state index in [0.29, 0.717) is 12.2 Å². The van der Waals surface area contributed by atoms with Crippen molar-refractivity contribution in [2.45, 2.75) is 0 Å². The molecule has 0 amide bonds. The van der Waals surface area contributed by atoms with E-state index in [1.807, 2.05) is 0 Å². The Kier molecular flexibility index (Phi) is 5.07. The second-order valence-corrected chi connectivity index (χ2v) is 4.81. The van der Waals surface area contributed by atoms with E-state index in [1.54, 1.807) is 6.07 Å². The third kappa shape index (κ3) is 4.14. The summed E-state index contributed by atoms with van der Waals surface area (Å²) in [5.41, 5.74) is -0.135. The molecule has 1 fully saturated rings. The van der Waals surface area contributed by atoms with Crippen LogP contribution in [-0.2, 0) is 0 Å². The van der Waals surface area contributed by atoms with Gasteiger partial charge in [-0.2, -0.15) is 0 Å². The van der Waals surface area contributed by atoms with Gasteiger partial charge in [0.1, 0.15) is 5.56 Å². The summed E-state index contributed by atoms with van der Waals surface area (Å²) in [6.45, 7) is 5.41. The van der Waals surface area contributed by atoms with Crippen LogP contribution in [0.5, 0.6) is 0 Å². The van der Waals surface area contributed by atoms with Crippen molar-refractivity contribution in [2.24, 2.45) is 0 Å². The van der Waals surface area contributed by atoms with E-state index < -0.39 is 16.6 Å². The molecule has 2 rings (SSSR count). The zero-order valence-corrected chi connectivity index (χ0v) is 11.5. The van der Waals surface area contributed by atoms with Crippen LogP contribution < -0.4 is 10.6 Å². The molecule has 114 valence electrons. The van der Waals surface area contributed by atoms with Crippen molar-refractivity contribution < 1.29 is 14.8 Å². The van der Waals surface area contributed by atoms with Crippen LogP contribution in [0.1, 0.15) is 10.4 Å². The number of rotatable bonds is 6. The van der Waals surface area contributed by atoms with E-state index in [0.717, 1.165) is 32.7 Å². The van der Waals surface area contributed by atoms with Gasteiger partial charge in [0.25, 0.3) is 5.69 Å². The number of aromatic carboxylic acids is 1. The summed E-state index contributed by atoms with van der Waals surface area (Å²) < 4.78 is 0. The lowest BCUT2D eigenvalue weighted by molar-refractivity contribution is -0.385. The van der Waals surface area contributed by atoms with Gasteiger partial charge in [-0.3, -0.25) is 15.0 Å². The zero-order chi connectivity index (χ0) is 15.2. The fourth-order valence-electron chi connectivity index (χ4n) is 2.27. The summed E-state index contributed by atoms with van der Waals surface area (Å²) in [5, 5.41) is 26.2. The lowest BCUT2D eigenvalue weighted by atomic mass is 10.1. The van der Waals surface area contributed by atoms with E-state index in [-0.39, 0.29) is 5.56 Å². The first-order chi connectivity index (χ1) is 10.1. The number of nitrogens with zero attached hydrogens (tertiary/aromatic N) is 2. The molecule has 8 nitrogen and oxygen atoms in total. The van der Waals surface area contributed by atoms with Gasteiger partial charge in [0, 0.05) is 51.0 Å². The van der Waals surface area contributed by atoms with Crippen LogP contribution in [0.4, 0.5) is 11.4 Å². The minimum atomic E-state index is -1.30. The Morgan fingerprint density at radius 3 is 2.76 bits per heavy atom. The quantitative estimate of drug-likeness (QED) is 0.521. The van der Waals surface area contributed by atoms with E-state index in [1.165, 1.54) is 12.1 Å². The van der Waals surface area contributed by atoms with Gasteiger partial charge in [0.2, 0.25) is 0 Å². The highest BCUT2D eigenvalue weighted by atomic mass is 16.6. The number of piperazine rings is 1. The first-order valence-electron chi connectivity index (χ1n) is 6.76. The summed E-state index contributed by atoms with van der Waals surface area (Å²) in [5.74, 6) is -1.30. The first-order valence-corrected chi connectivity index (χ1v) is 6.76. The molecule has 0 radical (unpaired) electrons. The molecule has 1 saturated heterocycles. The SMILES string of the molecule is O=C(O)c1ccc(NCCN2CCNCC2)cc1[N+](=O)[O-]. The van der Waals surface area contributed by atoms with Crippen molar-refractivity contribution in [2.75, 3.05) is 44.6 Å².